The number of fused-ring (bicyclic) bond motifs is 1. The van der Waals surface area contributed by atoms with Crippen molar-refractivity contribution in [2.75, 3.05) is 12.0 Å². The second-order valence-electron chi connectivity index (χ2n) is 7.73. The summed E-state index contributed by atoms with van der Waals surface area (Å²) < 4.78 is 11.0. The first-order valence-corrected chi connectivity index (χ1v) is 10.4. The zero-order valence-corrected chi connectivity index (χ0v) is 17.8. The van der Waals surface area contributed by atoms with E-state index < -0.39 is 23.2 Å². The van der Waals surface area contributed by atoms with Gasteiger partial charge in [-0.05, 0) is 48.0 Å². The minimum absolute atomic E-state index is 0.137. The van der Waals surface area contributed by atoms with Crippen LogP contribution >= 0.6 is 11.6 Å². The molecule has 2 aliphatic heterocycles. The van der Waals surface area contributed by atoms with E-state index in [0.717, 1.165) is 4.90 Å². The first-order valence-electron chi connectivity index (χ1n) is 10.1. The Morgan fingerprint density at radius 3 is 2.41 bits per heavy atom. The van der Waals surface area contributed by atoms with Gasteiger partial charge in [0.1, 0.15) is 16.9 Å². The number of imide groups is 1. The maximum atomic E-state index is 13.7. The predicted octanol–water partition coefficient (Wildman–Crippen LogP) is 4.13. The van der Waals surface area contributed by atoms with Gasteiger partial charge in [0.2, 0.25) is 11.8 Å². The van der Waals surface area contributed by atoms with Crippen molar-refractivity contribution >= 4 is 35.1 Å². The summed E-state index contributed by atoms with van der Waals surface area (Å²) in [5.74, 6) is -1.57. The van der Waals surface area contributed by atoms with Crippen LogP contribution in [0, 0.1) is 5.92 Å². The number of carbonyl (C=O) groups is 3. The highest BCUT2D eigenvalue weighted by Gasteiger charge is 2.62. The zero-order chi connectivity index (χ0) is 22.5. The van der Waals surface area contributed by atoms with Crippen molar-refractivity contribution in [3.63, 3.8) is 0 Å². The van der Waals surface area contributed by atoms with Gasteiger partial charge in [-0.2, -0.15) is 0 Å². The van der Waals surface area contributed by atoms with Crippen molar-refractivity contribution in [2.24, 2.45) is 5.92 Å². The van der Waals surface area contributed by atoms with E-state index in [9.17, 15) is 14.4 Å². The van der Waals surface area contributed by atoms with E-state index in [1.54, 1.807) is 72.8 Å². The number of carbonyl (C=O) groups excluding carboxylic acids is 3. The molecule has 2 amide bonds. The fourth-order valence-electron chi connectivity index (χ4n) is 4.66. The van der Waals surface area contributed by atoms with E-state index in [2.05, 4.69) is 0 Å². The Balaban J connectivity index is 1.73. The lowest BCUT2D eigenvalue weighted by atomic mass is 9.65. The molecule has 2 aliphatic rings. The first-order chi connectivity index (χ1) is 15.5. The summed E-state index contributed by atoms with van der Waals surface area (Å²) in [5, 5.41) is 0.487. The molecule has 3 aromatic carbocycles. The third-order valence-electron chi connectivity index (χ3n) is 6.12. The second-order valence-corrected chi connectivity index (χ2v) is 8.16. The van der Waals surface area contributed by atoms with Crippen molar-refractivity contribution in [1.82, 2.24) is 0 Å². The van der Waals surface area contributed by atoms with E-state index in [0.29, 0.717) is 33.3 Å². The van der Waals surface area contributed by atoms with E-state index >= 15 is 0 Å². The molecule has 7 heteroatoms. The summed E-state index contributed by atoms with van der Waals surface area (Å²) in [6.45, 7) is 0. The molecule has 0 spiro atoms. The van der Waals surface area contributed by atoms with Crippen LogP contribution in [-0.2, 0) is 19.8 Å². The number of rotatable bonds is 4. The van der Waals surface area contributed by atoms with Gasteiger partial charge in [-0.15, -0.1) is 0 Å². The number of hydrogen-bond donors (Lipinski definition) is 0. The summed E-state index contributed by atoms with van der Waals surface area (Å²) in [6.07, 6.45) is -0.137. The lowest BCUT2D eigenvalue weighted by molar-refractivity contribution is -0.141. The highest BCUT2D eigenvalue weighted by molar-refractivity contribution is 6.30. The predicted molar refractivity (Wildman–Crippen MR) is 118 cm³/mol. The number of halogens is 1. The fraction of sp³-hybridized carbons (Fsp3) is 0.160. The van der Waals surface area contributed by atoms with Crippen molar-refractivity contribution in [3.05, 3.63) is 88.9 Å². The smallest absolute Gasteiger partial charge is 0.327 e. The van der Waals surface area contributed by atoms with Crippen LogP contribution in [0.1, 0.15) is 17.5 Å². The standard InChI is InChI=1S/C25H18ClNO5/c1-31-18-11-12-21-19(13-18)25(24(30)32-21,15-7-9-16(26)10-8-15)20-14-22(28)27(23(20)29)17-5-3-2-4-6-17/h2-13,20H,14H2,1H3/t20-,25+/m1/s1. The second kappa shape index (κ2) is 7.50. The number of amides is 2. The number of methoxy groups -OCH3 is 1. The van der Waals surface area contributed by atoms with Gasteiger partial charge in [0.15, 0.2) is 0 Å². The fourth-order valence-corrected chi connectivity index (χ4v) is 4.79. The van der Waals surface area contributed by atoms with Crippen molar-refractivity contribution < 1.29 is 23.9 Å². The molecule has 2 heterocycles. The lowest BCUT2D eigenvalue weighted by Gasteiger charge is -2.31. The zero-order valence-electron chi connectivity index (χ0n) is 17.1. The molecule has 6 nitrogen and oxygen atoms in total. The Bertz CT molecular complexity index is 1240. The minimum atomic E-state index is -1.51. The van der Waals surface area contributed by atoms with Gasteiger partial charge in [-0.25, -0.2) is 0 Å². The molecular formula is C25H18ClNO5. The Labute approximate surface area is 189 Å². The molecule has 0 saturated carbocycles. The summed E-state index contributed by atoms with van der Waals surface area (Å²) in [6, 6.07) is 20.4. The third-order valence-corrected chi connectivity index (χ3v) is 6.37. The monoisotopic (exact) mass is 447 g/mol. The molecule has 0 aliphatic carbocycles. The van der Waals surface area contributed by atoms with Crippen molar-refractivity contribution in [3.8, 4) is 11.5 Å². The SMILES string of the molecule is COc1ccc2c(c1)[C@@](c1ccc(Cl)cc1)([C@@H]1CC(=O)N(c3ccccc3)C1=O)C(=O)O2. The van der Waals surface area contributed by atoms with Crippen LogP contribution < -0.4 is 14.4 Å². The summed E-state index contributed by atoms with van der Waals surface area (Å²) in [5.41, 5.74) is -0.0243. The van der Waals surface area contributed by atoms with Crippen LogP contribution in [-0.4, -0.2) is 24.9 Å². The van der Waals surface area contributed by atoms with E-state index in [1.807, 2.05) is 0 Å². The van der Waals surface area contributed by atoms with Crippen LogP contribution in [0.5, 0.6) is 11.5 Å². The Morgan fingerprint density at radius 1 is 1.00 bits per heavy atom. The normalized spacial score (nSPS) is 22.1. The van der Waals surface area contributed by atoms with Crippen LogP contribution in [0.3, 0.4) is 0 Å². The van der Waals surface area contributed by atoms with Crippen LogP contribution in [0.15, 0.2) is 72.8 Å². The molecule has 0 N–H and O–H groups in total. The molecule has 1 saturated heterocycles. The minimum Gasteiger partial charge on any atom is -0.497 e. The summed E-state index contributed by atoms with van der Waals surface area (Å²) in [7, 11) is 1.52. The topological polar surface area (TPSA) is 72.9 Å². The van der Waals surface area contributed by atoms with Crippen LogP contribution in [0.25, 0.3) is 0 Å². The number of nitrogens with zero attached hydrogens (tertiary/aromatic N) is 1. The van der Waals surface area contributed by atoms with Gasteiger partial charge in [-0.3, -0.25) is 19.3 Å². The van der Waals surface area contributed by atoms with Crippen molar-refractivity contribution in [1.29, 1.82) is 0 Å². The highest BCUT2D eigenvalue weighted by atomic mass is 35.5. The van der Waals surface area contributed by atoms with E-state index in [1.165, 1.54) is 7.11 Å². The summed E-state index contributed by atoms with van der Waals surface area (Å²) >= 11 is 6.10. The molecule has 32 heavy (non-hydrogen) atoms. The quantitative estimate of drug-likeness (QED) is 0.341. The average molecular weight is 448 g/mol. The van der Waals surface area contributed by atoms with E-state index in [4.69, 9.17) is 21.1 Å². The van der Waals surface area contributed by atoms with Crippen LogP contribution in [0.2, 0.25) is 5.02 Å². The largest absolute Gasteiger partial charge is 0.497 e. The maximum absolute atomic E-state index is 13.7. The number of anilines is 1. The maximum Gasteiger partial charge on any atom is 0.327 e. The molecule has 2 atom stereocenters. The Kier molecular flexibility index (Phi) is 4.75. The molecule has 1 fully saturated rings. The Morgan fingerprint density at radius 2 is 1.72 bits per heavy atom. The van der Waals surface area contributed by atoms with Gasteiger partial charge >= 0.3 is 5.97 Å². The molecule has 3 aromatic rings. The molecule has 0 radical (unpaired) electrons. The van der Waals surface area contributed by atoms with Gasteiger partial charge in [0.05, 0.1) is 18.7 Å². The number of para-hydroxylation sites is 1. The molecular weight excluding hydrogens is 430 g/mol. The van der Waals surface area contributed by atoms with Gasteiger partial charge in [-0.1, -0.05) is 41.9 Å². The molecule has 5 rings (SSSR count). The average Bonchev–Trinajstić information content (AvgIpc) is 3.26. The van der Waals surface area contributed by atoms with Gasteiger partial charge < -0.3 is 9.47 Å². The molecule has 160 valence electrons. The summed E-state index contributed by atoms with van der Waals surface area (Å²) in [4.78, 5) is 41.4. The first kappa shape index (κ1) is 20.3. The van der Waals surface area contributed by atoms with Gasteiger partial charge in [0, 0.05) is 17.0 Å². The number of esters is 1. The lowest BCUT2D eigenvalue weighted by Crippen LogP contribution is -2.46. The number of hydrogen-bond acceptors (Lipinski definition) is 5. The molecule has 0 aromatic heterocycles. The number of ether oxygens (including phenoxy) is 2. The Hall–Kier alpha value is -3.64. The van der Waals surface area contributed by atoms with Crippen LogP contribution in [0.4, 0.5) is 5.69 Å². The molecule has 0 unspecified atom stereocenters. The van der Waals surface area contributed by atoms with Crippen molar-refractivity contribution in [2.45, 2.75) is 11.8 Å². The van der Waals surface area contributed by atoms with E-state index in [-0.39, 0.29) is 12.3 Å². The number of benzene rings is 3. The molecule has 0 bridgehead atoms. The highest BCUT2D eigenvalue weighted by Crippen LogP contribution is 2.53. The van der Waals surface area contributed by atoms with Gasteiger partial charge in [0.25, 0.3) is 0 Å². The third kappa shape index (κ3) is 2.83.